The maximum Gasteiger partial charge on any atom is 0.0308 e. The quantitative estimate of drug-likeness (QED) is 0.507. The van der Waals surface area contributed by atoms with Crippen LogP contribution in [-0.4, -0.2) is 14.0 Å². The Hall–Kier alpha value is 0.110. The van der Waals surface area contributed by atoms with Gasteiger partial charge in [0.25, 0.3) is 0 Å². The van der Waals surface area contributed by atoms with Gasteiger partial charge in [-0.1, -0.05) is 70.4 Å². The summed E-state index contributed by atoms with van der Waals surface area (Å²) in [5, 5.41) is -0.0760. The molecule has 2 nitrogen and oxygen atoms in total. The molecule has 4 fully saturated rings. The summed E-state index contributed by atoms with van der Waals surface area (Å²) in [6.45, 7) is 7.36. The van der Waals surface area contributed by atoms with Gasteiger partial charge in [-0.2, -0.15) is 0 Å². The van der Waals surface area contributed by atoms with E-state index in [2.05, 4.69) is 20.8 Å². The van der Waals surface area contributed by atoms with Crippen molar-refractivity contribution < 1.29 is 8.76 Å². The summed E-state index contributed by atoms with van der Waals surface area (Å²) in [6.07, 6.45) is 16.5. The molecule has 4 saturated carbocycles. The van der Waals surface area contributed by atoms with E-state index in [0.29, 0.717) is 23.2 Å². The SMILES string of the molecule is CC1CCCCC2CCC3CC14CCCCCC(C)(C)CC34C2S(=O)[O-]. The van der Waals surface area contributed by atoms with E-state index in [1.807, 2.05) is 0 Å². The van der Waals surface area contributed by atoms with E-state index in [-0.39, 0.29) is 16.1 Å². The van der Waals surface area contributed by atoms with Crippen molar-refractivity contribution in [3.63, 3.8) is 0 Å². The molecular formula is C23H39O2S-. The van der Waals surface area contributed by atoms with Crippen molar-refractivity contribution >= 4 is 11.1 Å². The second kappa shape index (κ2) is 6.87. The molecule has 7 unspecified atom stereocenters. The first-order chi connectivity index (χ1) is 12.3. The van der Waals surface area contributed by atoms with Crippen LogP contribution in [-0.2, 0) is 11.1 Å². The normalized spacial score (nSPS) is 49.7. The largest absolute Gasteiger partial charge is 0.772 e. The standard InChI is InChI=1S/C23H40O2S/c1-17-9-5-6-10-18-11-12-19-15-22(17)14-8-4-7-13-21(2,3)16-23(19,22)20(18)26(24)25/h17-20H,4-16H2,1-3H3,(H,24,25)/p-1. The lowest BCUT2D eigenvalue weighted by molar-refractivity contribution is -0.225. The molecule has 4 aliphatic carbocycles. The summed E-state index contributed by atoms with van der Waals surface area (Å²) in [5.41, 5.74) is 0.648. The predicted molar refractivity (Wildman–Crippen MR) is 108 cm³/mol. The van der Waals surface area contributed by atoms with Gasteiger partial charge in [-0.25, -0.2) is 0 Å². The van der Waals surface area contributed by atoms with Crippen molar-refractivity contribution in [2.75, 3.05) is 0 Å². The molecule has 0 aromatic rings. The molecule has 0 saturated heterocycles. The molecular weight excluding hydrogens is 340 g/mol. The molecule has 0 heterocycles. The third kappa shape index (κ3) is 2.78. The number of hydrogen-bond donors (Lipinski definition) is 0. The van der Waals surface area contributed by atoms with Crippen molar-refractivity contribution in [2.24, 2.45) is 34.0 Å². The highest BCUT2D eigenvalue weighted by Gasteiger charge is 2.71. The van der Waals surface area contributed by atoms with Gasteiger partial charge in [0.05, 0.1) is 0 Å². The number of rotatable bonds is 1. The summed E-state index contributed by atoms with van der Waals surface area (Å²) in [6, 6.07) is 0. The Bertz CT molecular complexity index is 558. The zero-order chi connectivity index (χ0) is 18.6. The Morgan fingerprint density at radius 1 is 0.923 bits per heavy atom. The molecule has 4 rings (SSSR count). The molecule has 2 bridgehead atoms. The molecule has 4 aliphatic rings. The van der Waals surface area contributed by atoms with Crippen molar-refractivity contribution in [3.8, 4) is 0 Å². The molecule has 0 N–H and O–H groups in total. The van der Waals surface area contributed by atoms with Gasteiger partial charge in [0.1, 0.15) is 0 Å². The average molecular weight is 380 g/mol. The zero-order valence-electron chi connectivity index (χ0n) is 17.2. The Balaban J connectivity index is 1.88. The highest BCUT2D eigenvalue weighted by molar-refractivity contribution is 7.79. The Morgan fingerprint density at radius 3 is 2.42 bits per heavy atom. The first kappa shape index (κ1) is 19.4. The highest BCUT2D eigenvalue weighted by Crippen LogP contribution is 2.77. The van der Waals surface area contributed by atoms with Gasteiger partial charge < -0.3 is 4.55 Å². The van der Waals surface area contributed by atoms with Crippen molar-refractivity contribution in [1.29, 1.82) is 0 Å². The van der Waals surface area contributed by atoms with Gasteiger partial charge in [-0.15, -0.1) is 0 Å². The van der Waals surface area contributed by atoms with Crippen LogP contribution in [0, 0.1) is 34.0 Å². The second-order valence-corrected chi connectivity index (χ2v) is 12.2. The minimum atomic E-state index is -1.93. The summed E-state index contributed by atoms with van der Waals surface area (Å²) in [7, 11) is 0. The molecule has 150 valence electrons. The first-order valence-corrected chi connectivity index (χ1v) is 12.5. The number of fused-ring (bicyclic) bond motifs is 1. The molecule has 3 heteroatoms. The summed E-state index contributed by atoms with van der Waals surface area (Å²) >= 11 is -1.93. The van der Waals surface area contributed by atoms with Gasteiger partial charge >= 0.3 is 0 Å². The van der Waals surface area contributed by atoms with Crippen LogP contribution in [0.5, 0.6) is 0 Å². The van der Waals surface area contributed by atoms with Crippen LogP contribution in [0.15, 0.2) is 0 Å². The minimum Gasteiger partial charge on any atom is -0.772 e. The molecule has 0 aromatic heterocycles. The van der Waals surface area contributed by atoms with Crippen LogP contribution < -0.4 is 0 Å². The Kier molecular flexibility index (Phi) is 5.13. The Labute approximate surface area is 163 Å². The van der Waals surface area contributed by atoms with Crippen molar-refractivity contribution in [3.05, 3.63) is 0 Å². The monoisotopic (exact) mass is 379 g/mol. The lowest BCUT2D eigenvalue weighted by Gasteiger charge is -2.74. The lowest BCUT2D eigenvalue weighted by Crippen LogP contribution is -2.71. The highest BCUT2D eigenvalue weighted by atomic mass is 32.2. The van der Waals surface area contributed by atoms with E-state index < -0.39 is 11.1 Å². The fourth-order valence-electron chi connectivity index (χ4n) is 8.47. The third-order valence-electron chi connectivity index (χ3n) is 9.45. The van der Waals surface area contributed by atoms with Crippen LogP contribution in [0.1, 0.15) is 104 Å². The smallest absolute Gasteiger partial charge is 0.0308 e. The van der Waals surface area contributed by atoms with E-state index in [0.717, 1.165) is 19.3 Å². The molecule has 0 aromatic carbocycles. The van der Waals surface area contributed by atoms with E-state index in [9.17, 15) is 8.76 Å². The molecule has 0 amide bonds. The van der Waals surface area contributed by atoms with E-state index in [1.54, 1.807) is 0 Å². The minimum absolute atomic E-state index is 0.0696. The van der Waals surface area contributed by atoms with Gasteiger partial charge in [-0.05, 0) is 78.9 Å². The van der Waals surface area contributed by atoms with Gasteiger partial charge in [-0.3, -0.25) is 4.21 Å². The van der Waals surface area contributed by atoms with Crippen LogP contribution in [0.2, 0.25) is 0 Å². The molecule has 0 aliphatic heterocycles. The molecule has 26 heavy (non-hydrogen) atoms. The fraction of sp³-hybridized carbons (Fsp3) is 1.00. The van der Waals surface area contributed by atoms with Crippen molar-refractivity contribution in [1.82, 2.24) is 0 Å². The van der Waals surface area contributed by atoms with E-state index in [4.69, 9.17) is 0 Å². The van der Waals surface area contributed by atoms with Crippen LogP contribution in [0.4, 0.5) is 0 Å². The molecule has 0 radical (unpaired) electrons. The Morgan fingerprint density at radius 2 is 1.65 bits per heavy atom. The average Bonchev–Trinajstić information content (AvgIpc) is 2.58. The summed E-state index contributed by atoms with van der Waals surface area (Å²) in [4.78, 5) is 0. The summed E-state index contributed by atoms with van der Waals surface area (Å²) < 4.78 is 25.5. The zero-order valence-corrected chi connectivity index (χ0v) is 18.0. The first-order valence-electron chi connectivity index (χ1n) is 11.4. The van der Waals surface area contributed by atoms with E-state index >= 15 is 0 Å². The summed E-state index contributed by atoms with van der Waals surface area (Å²) in [5.74, 6) is 1.78. The third-order valence-corrected chi connectivity index (χ3v) is 10.7. The van der Waals surface area contributed by atoms with Crippen molar-refractivity contribution in [2.45, 2.75) is 109 Å². The maximum absolute atomic E-state index is 12.8. The van der Waals surface area contributed by atoms with Gasteiger partial charge in [0.2, 0.25) is 0 Å². The van der Waals surface area contributed by atoms with Crippen LogP contribution in [0.25, 0.3) is 0 Å². The van der Waals surface area contributed by atoms with Crippen LogP contribution in [0.3, 0.4) is 0 Å². The predicted octanol–water partition coefficient (Wildman–Crippen LogP) is 6.23. The maximum atomic E-state index is 12.8. The second-order valence-electron chi connectivity index (χ2n) is 11.2. The molecule has 1 spiro atoms. The van der Waals surface area contributed by atoms with E-state index in [1.165, 1.54) is 64.2 Å². The van der Waals surface area contributed by atoms with Crippen LogP contribution >= 0.6 is 0 Å². The van der Waals surface area contributed by atoms with Gasteiger partial charge in [0.15, 0.2) is 0 Å². The number of hydrogen-bond acceptors (Lipinski definition) is 2. The van der Waals surface area contributed by atoms with Gasteiger partial charge in [0, 0.05) is 5.25 Å². The fourth-order valence-corrected chi connectivity index (χ4v) is 9.91. The lowest BCUT2D eigenvalue weighted by atomic mass is 9.32. The topological polar surface area (TPSA) is 40.1 Å². The molecule has 7 atom stereocenters.